The molecule has 0 heterocycles. The van der Waals surface area contributed by atoms with Crippen LogP contribution in [0.5, 0.6) is 0 Å². The normalized spacial score (nSPS) is 9.94. The van der Waals surface area contributed by atoms with Crippen LogP contribution in [0, 0.1) is 0 Å². The maximum atomic E-state index is 11.4. The number of anilines is 1. The fourth-order valence-electron chi connectivity index (χ4n) is 1.28. The molecule has 0 atom stereocenters. The van der Waals surface area contributed by atoms with Gasteiger partial charge in [-0.2, -0.15) is 0 Å². The van der Waals surface area contributed by atoms with Gasteiger partial charge in [0.1, 0.15) is 0 Å². The van der Waals surface area contributed by atoms with Gasteiger partial charge in [-0.25, -0.2) is 4.79 Å². The average molecular weight is 232 g/mol. The molecule has 0 unspecified atom stereocenters. The van der Waals surface area contributed by atoms with E-state index in [-0.39, 0.29) is 6.54 Å². The maximum absolute atomic E-state index is 11.4. The van der Waals surface area contributed by atoms with E-state index in [2.05, 4.69) is 14.8 Å². The minimum absolute atomic E-state index is 0.235. The summed E-state index contributed by atoms with van der Waals surface area (Å²) in [6, 6.07) is 5.05. The van der Waals surface area contributed by atoms with Gasteiger partial charge in [0.2, 0.25) is 0 Å². The number of para-hydroxylation sites is 1. The summed E-state index contributed by atoms with van der Waals surface area (Å²) in [5.74, 6) is -0.479. The van der Waals surface area contributed by atoms with E-state index in [1.165, 1.54) is 7.11 Å². The molecule has 0 saturated heterocycles. The van der Waals surface area contributed by atoms with E-state index >= 15 is 0 Å². The monoisotopic (exact) mass is 232 g/mol. The Balaban J connectivity index is 2.98. The summed E-state index contributed by atoms with van der Waals surface area (Å²) in [5.41, 5.74) is 15.3. The third-order valence-electron chi connectivity index (χ3n) is 2.09. The van der Waals surface area contributed by atoms with Gasteiger partial charge in [-0.1, -0.05) is 29.4 Å². The van der Waals surface area contributed by atoms with Crippen LogP contribution in [0.3, 0.4) is 0 Å². The molecule has 0 aliphatic rings. The van der Waals surface area contributed by atoms with E-state index in [0.717, 1.165) is 0 Å². The summed E-state index contributed by atoms with van der Waals surface area (Å²) >= 11 is 0. The molecule has 0 aliphatic carbocycles. The first kappa shape index (κ1) is 12.6. The Morgan fingerprint density at radius 1 is 1.65 bits per heavy atom. The molecule has 1 aromatic rings. The van der Waals surface area contributed by atoms with Crippen LogP contribution in [0.1, 0.15) is 15.9 Å². The summed E-state index contributed by atoms with van der Waals surface area (Å²) in [7, 11) is 1.30. The van der Waals surface area contributed by atoms with Crippen molar-refractivity contribution in [2.24, 2.45) is 5.11 Å². The number of azide groups is 1. The van der Waals surface area contributed by atoms with Crippen LogP contribution in [-0.4, -0.2) is 19.6 Å². The van der Waals surface area contributed by atoms with Gasteiger partial charge < -0.3 is 10.5 Å². The molecule has 88 valence electrons. The third kappa shape index (κ3) is 3.25. The number of benzene rings is 1. The number of hydrogen-bond donors (Lipinski definition) is 1. The van der Waals surface area contributed by atoms with Crippen molar-refractivity contribution in [3.63, 3.8) is 0 Å². The van der Waals surface area contributed by atoms with Crippen LogP contribution in [0.2, 0.25) is 0 Å². The van der Waals surface area contributed by atoms with Crippen LogP contribution < -0.4 is 5.73 Å². The van der Waals surface area contributed by atoms with Crippen molar-refractivity contribution in [3.8, 4) is 0 Å². The predicted octanol–water partition coefficient (Wildman–Crippen LogP) is 2.38. The van der Waals surface area contributed by atoms with E-state index in [0.29, 0.717) is 16.8 Å². The Kier molecular flexibility index (Phi) is 4.59. The molecular formula is C11H12N4O2. The number of nitrogens with zero attached hydrogens (tertiary/aromatic N) is 3. The zero-order valence-electron chi connectivity index (χ0n) is 9.33. The zero-order chi connectivity index (χ0) is 12.7. The minimum Gasteiger partial charge on any atom is -0.465 e. The van der Waals surface area contributed by atoms with Gasteiger partial charge in [0.05, 0.1) is 18.4 Å². The number of esters is 1. The molecule has 2 N–H and O–H groups in total. The molecule has 1 aromatic carbocycles. The predicted molar refractivity (Wildman–Crippen MR) is 65.2 cm³/mol. The Hall–Kier alpha value is -2.46. The smallest absolute Gasteiger partial charge is 0.339 e. The van der Waals surface area contributed by atoms with Crippen molar-refractivity contribution in [1.82, 2.24) is 0 Å². The van der Waals surface area contributed by atoms with Gasteiger partial charge in [-0.05, 0) is 17.2 Å². The number of nitrogen functional groups attached to an aromatic ring is 1. The second kappa shape index (κ2) is 6.19. The molecular weight excluding hydrogens is 220 g/mol. The van der Waals surface area contributed by atoms with Crippen molar-refractivity contribution < 1.29 is 9.53 Å². The van der Waals surface area contributed by atoms with Crippen molar-refractivity contribution in [2.45, 2.75) is 0 Å². The molecule has 6 nitrogen and oxygen atoms in total. The Morgan fingerprint density at radius 2 is 2.41 bits per heavy atom. The molecule has 0 fully saturated rings. The summed E-state index contributed by atoms with van der Waals surface area (Å²) in [6.07, 6.45) is 3.35. The highest BCUT2D eigenvalue weighted by atomic mass is 16.5. The molecule has 1 rings (SSSR count). The molecule has 17 heavy (non-hydrogen) atoms. The largest absolute Gasteiger partial charge is 0.465 e. The lowest BCUT2D eigenvalue weighted by atomic mass is 10.1. The second-order valence-corrected chi connectivity index (χ2v) is 3.12. The van der Waals surface area contributed by atoms with Gasteiger partial charge in [-0.15, -0.1) is 0 Å². The van der Waals surface area contributed by atoms with Crippen LogP contribution in [0.25, 0.3) is 16.5 Å². The number of carbonyl (C=O) groups is 1. The van der Waals surface area contributed by atoms with Gasteiger partial charge >= 0.3 is 5.97 Å². The van der Waals surface area contributed by atoms with Gasteiger partial charge in [0, 0.05) is 11.5 Å². The molecule has 0 aromatic heterocycles. The summed E-state index contributed by atoms with van der Waals surface area (Å²) < 4.78 is 4.61. The number of hydrogen-bond acceptors (Lipinski definition) is 4. The number of ether oxygens (including phenoxy) is 1. The van der Waals surface area contributed by atoms with E-state index in [1.54, 1.807) is 30.4 Å². The Morgan fingerprint density at radius 3 is 3.06 bits per heavy atom. The lowest BCUT2D eigenvalue weighted by Crippen LogP contribution is -2.06. The molecule has 0 saturated carbocycles. The van der Waals surface area contributed by atoms with Crippen LogP contribution in [-0.2, 0) is 4.74 Å². The molecule has 0 radical (unpaired) electrons. The summed E-state index contributed by atoms with van der Waals surface area (Å²) in [4.78, 5) is 14.0. The number of rotatable bonds is 4. The number of nitrogens with two attached hydrogens (primary N) is 1. The van der Waals surface area contributed by atoms with E-state index in [1.807, 2.05) is 0 Å². The van der Waals surface area contributed by atoms with E-state index < -0.39 is 5.97 Å². The van der Waals surface area contributed by atoms with E-state index in [4.69, 9.17) is 11.3 Å². The maximum Gasteiger partial charge on any atom is 0.339 e. The van der Waals surface area contributed by atoms with Crippen LogP contribution >= 0.6 is 0 Å². The quantitative estimate of drug-likeness (QED) is 0.283. The summed E-state index contributed by atoms with van der Waals surface area (Å²) in [6.45, 7) is 0.235. The fourth-order valence-corrected chi connectivity index (χ4v) is 1.28. The zero-order valence-corrected chi connectivity index (χ0v) is 9.33. The first-order valence-electron chi connectivity index (χ1n) is 4.85. The summed E-state index contributed by atoms with van der Waals surface area (Å²) in [5, 5.41) is 3.35. The lowest BCUT2D eigenvalue weighted by molar-refractivity contribution is 0.0602. The van der Waals surface area contributed by atoms with Gasteiger partial charge in [-0.3, -0.25) is 0 Å². The third-order valence-corrected chi connectivity index (χ3v) is 2.09. The van der Waals surface area contributed by atoms with Crippen LogP contribution in [0.15, 0.2) is 29.4 Å². The molecule has 0 aliphatic heterocycles. The van der Waals surface area contributed by atoms with Crippen molar-refractivity contribution in [2.75, 3.05) is 19.4 Å². The van der Waals surface area contributed by atoms with Crippen molar-refractivity contribution in [3.05, 3.63) is 45.8 Å². The molecule has 0 amide bonds. The lowest BCUT2D eigenvalue weighted by Gasteiger charge is -2.06. The first-order valence-corrected chi connectivity index (χ1v) is 4.85. The molecule has 0 spiro atoms. The SMILES string of the molecule is COC(=O)c1cccc(C=CCN=[N+]=[N-])c1N. The Labute approximate surface area is 98.3 Å². The number of carbonyl (C=O) groups excluding carboxylic acids is 1. The first-order chi connectivity index (χ1) is 8.20. The highest BCUT2D eigenvalue weighted by molar-refractivity contribution is 5.97. The second-order valence-electron chi connectivity index (χ2n) is 3.12. The Bertz CT molecular complexity index is 490. The molecule has 0 bridgehead atoms. The number of methoxy groups -OCH3 is 1. The molecule has 6 heteroatoms. The minimum atomic E-state index is -0.479. The van der Waals surface area contributed by atoms with Gasteiger partial charge in [0.25, 0.3) is 0 Å². The average Bonchev–Trinajstić information content (AvgIpc) is 2.35. The van der Waals surface area contributed by atoms with Gasteiger partial charge in [0.15, 0.2) is 0 Å². The fraction of sp³-hybridized carbons (Fsp3) is 0.182. The van der Waals surface area contributed by atoms with E-state index in [9.17, 15) is 4.79 Å². The highest BCUT2D eigenvalue weighted by Crippen LogP contribution is 2.19. The van der Waals surface area contributed by atoms with Crippen molar-refractivity contribution >= 4 is 17.7 Å². The standard InChI is InChI=1S/C11H12N4O2/c1-17-11(16)9-6-2-4-8(10(9)12)5-3-7-14-15-13/h2-6H,7,12H2,1H3. The highest BCUT2D eigenvalue weighted by Gasteiger charge is 2.10. The van der Waals surface area contributed by atoms with Crippen molar-refractivity contribution in [1.29, 1.82) is 0 Å². The van der Waals surface area contributed by atoms with Crippen LogP contribution in [0.4, 0.5) is 5.69 Å². The topological polar surface area (TPSA) is 101 Å².